The maximum atomic E-state index is 10.5. The molecule has 2 aliphatic heterocycles. The van der Waals surface area contributed by atoms with Crippen molar-refractivity contribution < 1.29 is 9.47 Å². The molecule has 11 heteroatoms. The molecule has 6 aromatic heterocycles. The molecule has 0 amide bonds. The van der Waals surface area contributed by atoms with Crippen LogP contribution in [0, 0.1) is 22.7 Å². The zero-order valence-electron chi connectivity index (χ0n) is 51.0. The predicted molar refractivity (Wildman–Crippen MR) is 381 cm³/mol. The van der Waals surface area contributed by atoms with Crippen LogP contribution in [-0.2, 0) is 5.41 Å². The molecule has 444 valence electrons. The van der Waals surface area contributed by atoms with E-state index in [9.17, 15) is 10.5 Å². The number of benzene rings is 12. The molecule has 3 aliphatic rings. The van der Waals surface area contributed by atoms with Gasteiger partial charge in [-0.3, -0.25) is 9.97 Å². The molecule has 1 spiro atoms. The van der Waals surface area contributed by atoms with E-state index in [4.69, 9.17) is 19.4 Å². The summed E-state index contributed by atoms with van der Waals surface area (Å²) in [6, 6.07) is 101. The van der Waals surface area contributed by atoms with Gasteiger partial charge in [0.15, 0.2) is 11.5 Å². The van der Waals surface area contributed by atoms with Gasteiger partial charge in [0.2, 0.25) is 0 Å². The number of fused-ring (bicyclic) bond motifs is 23. The number of aromatic nitrogens is 6. The summed E-state index contributed by atoms with van der Waals surface area (Å²) < 4.78 is 23.5. The highest BCUT2D eigenvalue weighted by Gasteiger charge is 2.53. The van der Waals surface area contributed by atoms with Gasteiger partial charge in [0.1, 0.15) is 11.5 Å². The first-order valence-electron chi connectivity index (χ1n) is 32.0. The van der Waals surface area contributed by atoms with Gasteiger partial charge in [-0.05, 0) is 133 Å². The lowest BCUT2D eigenvalue weighted by atomic mass is 9.66. The van der Waals surface area contributed by atoms with Gasteiger partial charge in [-0.1, -0.05) is 127 Å². The van der Waals surface area contributed by atoms with Crippen LogP contribution in [0.15, 0.2) is 285 Å². The first-order valence-corrected chi connectivity index (χ1v) is 32.0. The van der Waals surface area contributed by atoms with Gasteiger partial charge in [0.05, 0.1) is 119 Å². The Kier molecular flexibility index (Phi) is 10.5. The molecule has 0 unspecified atom stereocenters. The molecule has 0 radical (unpaired) electrons. The highest BCUT2D eigenvalue weighted by molar-refractivity contribution is 6.14. The smallest absolute Gasteiger partial charge is 0.151 e. The second kappa shape index (κ2) is 19.3. The van der Waals surface area contributed by atoms with E-state index in [0.717, 1.165) is 172 Å². The maximum absolute atomic E-state index is 10.5. The van der Waals surface area contributed by atoms with Crippen LogP contribution in [0.4, 0.5) is 17.1 Å². The Balaban J connectivity index is 0.852. The fourth-order valence-corrected chi connectivity index (χ4v) is 16.4. The molecule has 21 rings (SSSR count). The fourth-order valence-electron chi connectivity index (χ4n) is 16.4. The van der Waals surface area contributed by atoms with Crippen molar-refractivity contribution in [2.45, 2.75) is 5.41 Å². The highest BCUT2D eigenvalue weighted by Crippen LogP contribution is 2.63. The molecule has 12 aromatic carbocycles. The third kappa shape index (κ3) is 6.96. The van der Waals surface area contributed by atoms with Gasteiger partial charge in [0.25, 0.3) is 0 Å². The van der Waals surface area contributed by atoms with E-state index in [1.54, 1.807) is 0 Å². The minimum absolute atomic E-state index is 0.562. The molecule has 96 heavy (non-hydrogen) atoms. The van der Waals surface area contributed by atoms with Gasteiger partial charge < -0.3 is 32.6 Å². The number of rotatable bonds is 5. The van der Waals surface area contributed by atoms with Crippen molar-refractivity contribution in [1.82, 2.24) is 28.2 Å². The van der Waals surface area contributed by atoms with Crippen LogP contribution in [0.3, 0.4) is 0 Å². The molecule has 0 fully saturated rings. The van der Waals surface area contributed by atoms with Crippen LogP contribution >= 0.6 is 0 Å². The molecule has 0 saturated heterocycles. The SMILES string of the molecule is N#Cc1ccc2c(c1)c1ccccc1n2-c1ccc2c(c1)Oc1cc(-n3c4ccc(C#N)cc4c4cc(N5c6ccccc6Oc6ccccc65)ccc43)ccc1C21c2cc(-n3c4ccccc4c4ccccc43)cnc2-c2ncc(-n3c4ccccc4c4ccccc43)cc21. The van der Waals surface area contributed by atoms with E-state index in [-0.39, 0.29) is 0 Å². The third-order valence-electron chi connectivity index (χ3n) is 20.3. The third-order valence-corrected chi connectivity index (χ3v) is 20.3. The van der Waals surface area contributed by atoms with Crippen LogP contribution < -0.4 is 14.4 Å². The Labute approximate surface area is 547 Å². The van der Waals surface area contributed by atoms with Gasteiger partial charge in [-0.25, -0.2) is 0 Å². The number of hydrogen-bond acceptors (Lipinski definition) is 7. The molecule has 18 aromatic rings. The van der Waals surface area contributed by atoms with E-state index in [2.05, 4.69) is 248 Å². The summed E-state index contributed by atoms with van der Waals surface area (Å²) in [6.45, 7) is 0. The second-order valence-corrected chi connectivity index (χ2v) is 25.1. The Hall–Kier alpha value is -13.5. The number of nitriles is 2. The molecule has 11 nitrogen and oxygen atoms in total. The average molecular weight is 1230 g/mol. The Morgan fingerprint density at radius 2 is 0.625 bits per heavy atom. The minimum atomic E-state index is -1.10. The Morgan fingerprint density at radius 3 is 1.07 bits per heavy atom. The summed E-state index contributed by atoms with van der Waals surface area (Å²) in [4.78, 5) is 13.5. The van der Waals surface area contributed by atoms with Crippen molar-refractivity contribution in [3.8, 4) is 69.3 Å². The number of pyridine rings is 2. The van der Waals surface area contributed by atoms with E-state index in [0.29, 0.717) is 22.6 Å². The summed E-state index contributed by atoms with van der Waals surface area (Å²) in [7, 11) is 0. The Bertz CT molecular complexity index is 6290. The average Bonchev–Trinajstić information content (AvgIpc) is 1.10. The zero-order valence-corrected chi connectivity index (χ0v) is 51.0. The summed E-state index contributed by atoms with van der Waals surface area (Å²) in [5.41, 5.74) is 20.0. The van der Waals surface area contributed by atoms with Crippen molar-refractivity contribution in [3.63, 3.8) is 0 Å². The molecule has 0 saturated carbocycles. The van der Waals surface area contributed by atoms with Crippen molar-refractivity contribution >= 4 is 104 Å². The largest absolute Gasteiger partial charge is 0.457 e. The molecule has 0 N–H and O–H groups in total. The van der Waals surface area contributed by atoms with Crippen molar-refractivity contribution in [3.05, 3.63) is 319 Å². The lowest BCUT2D eigenvalue weighted by molar-refractivity contribution is 0.436. The van der Waals surface area contributed by atoms with Gasteiger partial charge >= 0.3 is 0 Å². The number of ether oxygens (including phenoxy) is 2. The second-order valence-electron chi connectivity index (χ2n) is 25.1. The monoisotopic (exact) mass is 1230 g/mol. The van der Waals surface area contributed by atoms with E-state index >= 15 is 0 Å². The number of para-hydroxylation sites is 9. The quantitative estimate of drug-likeness (QED) is 0.169. The molecular formula is C85H47N9O2. The summed E-state index contributed by atoms with van der Waals surface area (Å²) in [5.74, 6) is 2.85. The molecule has 1 aliphatic carbocycles. The number of nitrogens with zero attached hydrogens (tertiary/aromatic N) is 9. The van der Waals surface area contributed by atoms with Crippen LogP contribution in [0.1, 0.15) is 33.4 Å². The lowest BCUT2D eigenvalue weighted by Crippen LogP contribution is -2.32. The number of hydrogen-bond donors (Lipinski definition) is 0. The van der Waals surface area contributed by atoms with E-state index < -0.39 is 5.41 Å². The Morgan fingerprint density at radius 1 is 0.281 bits per heavy atom. The van der Waals surface area contributed by atoms with Crippen molar-refractivity contribution in [2.24, 2.45) is 0 Å². The fraction of sp³-hybridized carbons (Fsp3) is 0.0118. The summed E-state index contributed by atoms with van der Waals surface area (Å²) in [6.07, 6.45) is 4.02. The van der Waals surface area contributed by atoms with Crippen LogP contribution in [0.2, 0.25) is 0 Å². The predicted octanol–water partition coefficient (Wildman–Crippen LogP) is 20.7. The summed E-state index contributed by atoms with van der Waals surface area (Å²) in [5, 5.41) is 29.3. The zero-order chi connectivity index (χ0) is 63.1. The molecule has 0 bridgehead atoms. The van der Waals surface area contributed by atoms with Crippen molar-refractivity contribution in [1.29, 1.82) is 10.5 Å². The minimum Gasteiger partial charge on any atom is -0.457 e. The van der Waals surface area contributed by atoms with Crippen LogP contribution in [0.5, 0.6) is 23.0 Å². The van der Waals surface area contributed by atoms with Gasteiger partial charge in [0, 0.05) is 94.5 Å². The van der Waals surface area contributed by atoms with Gasteiger partial charge in [-0.2, -0.15) is 10.5 Å². The molecule has 8 heterocycles. The summed E-state index contributed by atoms with van der Waals surface area (Å²) >= 11 is 0. The standard InChI is InChI=1S/C85H47N9O2/c86-46-50-29-36-74-62(39-50)61-19-5-10-24-73(61)90(74)53-31-34-65-81(44-53)96-82-45-54(91-75-37-30-51(47-87)40-63(75)64-41-52(33-38-76(64)91)92-77-25-11-13-27-79(77)95-80-28-14-12-26-78(80)92)32-35-66(82)85(65)67-42-55(93-69-20-6-1-15-57(69)58-16-2-7-21-70(58)93)48-88-83(67)84-68(85)43-56(49-89-84)94-71-22-8-3-17-59(71)60-18-4-9-23-72(60)94/h1-45,48-49H. The van der Waals surface area contributed by atoms with Crippen LogP contribution in [-0.4, -0.2) is 28.2 Å². The van der Waals surface area contributed by atoms with Crippen molar-refractivity contribution in [2.75, 3.05) is 4.90 Å². The normalized spacial score (nSPS) is 13.2. The lowest BCUT2D eigenvalue weighted by Gasteiger charge is -2.39. The van der Waals surface area contributed by atoms with E-state index in [1.165, 1.54) is 0 Å². The topological polar surface area (TPSA) is 115 Å². The van der Waals surface area contributed by atoms with E-state index in [1.807, 2.05) is 73.1 Å². The first kappa shape index (κ1) is 52.2. The number of anilines is 3. The molecule has 0 atom stereocenters. The van der Waals surface area contributed by atoms with Crippen LogP contribution in [0.25, 0.3) is 121 Å². The maximum Gasteiger partial charge on any atom is 0.151 e. The molecular weight excluding hydrogens is 1180 g/mol. The first-order chi connectivity index (χ1) is 47.5. The highest BCUT2D eigenvalue weighted by atomic mass is 16.5. The van der Waals surface area contributed by atoms with Gasteiger partial charge in [-0.15, -0.1) is 0 Å².